The number of aliphatic hydroxyl groups is 1. The maximum atomic E-state index is 13.2. The molecule has 5 aliphatic rings. The van der Waals surface area contributed by atoms with Crippen LogP contribution in [0.25, 0.3) is 0 Å². The third kappa shape index (κ3) is 2.57. The van der Waals surface area contributed by atoms with Crippen LogP contribution in [0.5, 0.6) is 0 Å². The third-order valence-corrected chi connectivity index (χ3v) is 9.20. The van der Waals surface area contributed by atoms with Crippen molar-refractivity contribution in [3.05, 3.63) is 23.8 Å². The van der Waals surface area contributed by atoms with Crippen LogP contribution in [-0.2, 0) is 23.9 Å². The Morgan fingerprint density at radius 1 is 1.34 bits per heavy atom. The molecule has 7 heteroatoms. The highest BCUT2D eigenvalue weighted by atomic mass is 16.5. The van der Waals surface area contributed by atoms with Crippen molar-refractivity contribution in [2.45, 2.75) is 71.1 Å². The summed E-state index contributed by atoms with van der Waals surface area (Å²) in [6.45, 7) is 6.78. The smallest absolute Gasteiger partial charge is 0.302 e. The number of aliphatic imine (C=N–C) groups is 1. The zero-order chi connectivity index (χ0) is 23.1. The van der Waals surface area contributed by atoms with Gasteiger partial charge in [0, 0.05) is 30.6 Å². The van der Waals surface area contributed by atoms with Crippen LogP contribution in [0.1, 0.15) is 53.4 Å². The van der Waals surface area contributed by atoms with Gasteiger partial charge in [-0.05, 0) is 49.7 Å². The molecule has 8 atom stereocenters. The molecule has 0 aromatic heterocycles. The predicted octanol–water partition coefficient (Wildman–Crippen LogP) is 2.56. The first-order valence-electron chi connectivity index (χ1n) is 11.6. The van der Waals surface area contributed by atoms with E-state index in [1.54, 1.807) is 19.1 Å². The van der Waals surface area contributed by atoms with E-state index >= 15 is 0 Å². The highest BCUT2D eigenvalue weighted by molar-refractivity contribution is 6.01. The van der Waals surface area contributed by atoms with Crippen molar-refractivity contribution in [1.82, 2.24) is 0 Å². The Hall–Kier alpha value is -2.28. The lowest BCUT2D eigenvalue weighted by molar-refractivity contribution is -0.173. The molecule has 3 fully saturated rings. The summed E-state index contributed by atoms with van der Waals surface area (Å²) in [4.78, 5) is 42.2. The normalized spacial score (nSPS) is 46.2. The van der Waals surface area contributed by atoms with E-state index in [4.69, 9.17) is 14.5 Å². The average Bonchev–Trinajstić information content (AvgIpc) is 3.18. The summed E-state index contributed by atoms with van der Waals surface area (Å²) in [5.74, 6) is 0.0890. The van der Waals surface area contributed by atoms with Crippen LogP contribution >= 0.6 is 0 Å². The molecule has 3 saturated carbocycles. The minimum Gasteiger partial charge on any atom is -0.475 e. The molecular weight excluding hydrogens is 410 g/mol. The average molecular weight is 442 g/mol. The topological polar surface area (TPSA) is 102 Å². The molecule has 4 aliphatic carbocycles. The summed E-state index contributed by atoms with van der Waals surface area (Å²) in [7, 11) is 0. The molecular formula is C25H31NO6. The lowest BCUT2D eigenvalue weighted by atomic mass is 9.46. The Morgan fingerprint density at radius 3 is 2.78 bits per heavy atom. The zero-order valence-electron chi connectivity index (χ0n) is 19.1. The van der Waals surface area contributed by atoms with E-state index in [2.05, 4.69) is 13.8 Å². The summed E-state index contributed by atoms with van der Waals surface area (Å²) < 4.78 is 12.0. The lowest BCUT2D eigenvalue weighted by Gasteiger charge is -2.59. The summed E-state index contributed by atoms with van der Waals surface area (Å²) in [5, 5.41) is 9.88. The van der Waals surface area contributed by atoms with Gasteiger partial charge in [-0.1, -0.05) is 25.5 Å². The molecule has 5 rings (SSSR count). The number of allylic oxidation sites excluding steroid dienone is 4. The minimum atomic E-state index is -1.16. The molecule has 1 aliphatic heterocycles. The van der Waals surface area contributed by atoms with Gasteiger partial charge in [-0.25, -0.2) is 4.99 Å². The Morgan fingerprint density at radius 2 is 2.09 bits per heavy atom. The molecule has 0 radical (unpaired) electrons. The van der Waals surface area contributed by atoms with Gasteiger partial charge in [-0.15, -0.1) is 0 Å². The third-order valence-electron chi connectivity index (χ3n) is 9.20. The maximum absolute atomic E-state index is 13.2. The van der Waals surface area contributed by atoms with Crippen LogP contribution in [0.4, 0.5) is 0 Å². The van der Waals surface area contributed by atoms with Crippen molar-refractivity contribution in [2.75, 3.05) is 6.61 Å². The highest BCUT2D eigenvalue weighted by Gasteiger charge is 2.75. The van der Waals surface area contributed by atoms with Crippen molar-refractivity contribution < 1.29 is 29.0 Å². The number of rotatable bonds is 3. The second-order valence-electron chi connectivity index (χ2n) is 10.6. The second-order valence-corrected chi connectivity index (χ2v) is 10.6. The van der Waals surface area contributed by atoms with Crippen LogP contribution < -0.4 is 0 Å². The van der Waals surface area contributed by atoms with Gasteiger partial charge in [0.25, 0.3) is 0 Å². The van der Waals surface area contributed by atoms with Crippen molar-refractivity contribution in [2.24, 2.45) is 33.6 Å². The number of fused-ring (bicyclic) bond motifs is 7. The fourth-order valence-corrected chi connectivity index (χ4v) is 8.10. The van der Waals surface area contributed by atoms with Crippen molar-refractivity contribution in [3.8, 4) is 0 Å². The number of hydrogen-bond donors (Lipinski definition) is 1. The number of ether oxygens (including phenoxy) is 2. The predicted molar refractivity (Wildman–Crippen MR) is 116 cm³/mol. The van der Waals surface area contributed by atoms with Crippen LogP contribution in [0, 0.1) is 28.6 Å². The Bertz CT molecular complexity index is 996. The summed E-state index contributed by atoms with van der Waals surface area (Å²) in [6, 6.07) is 0. The van der Waals surface area contributed by atoms with Crippen molar-refractivity contribution >= 4 is 23.4 Å². The maximum Gasteiger partial charge on any atom is 0.302 e. The number of nitrogens with zero attached hydrogens (tertiary/aromatic N) is 1. The summed E-state index contributed by atoms with van der Waals surface area (Å²) in [5.41, 5.74) is -1.06. The molecule has 1 unspecified atom stereocenters. The van der Waals surface area contributed by atoms with E-state index in [0.29, 0.717) is 18.7 Å². The van der Waals surface area contributed by atoms with Gasteiger partial charge >= 0.3 is 5.97 Å². The van der Waals surface area contributed by atoms with E-state index in [0.717, 1.165) is 18.4 Å². The van der Waals surface area contributed by atoms with Crippen molar-refractivity contribution in [1.29, 1.82) is 0 Å². The summed E-state index contributed by atoms with van der Waals surface area (Å²) >= 11 is 0. The van der Waals surface area contributed by atoms with Crippen LogP contribution in [-0.4, -0.2) is 52.9 Å². The fourth-order valence-electron chi connectivity index (χ4n) is 8.10. The van der Waals surface area contributed by atoms with E-state index in [9.17, 15) is 19.5 Å². The zero-order valence-corrected chi connectivity index (χ0v) is 19.1. The highest BCUT2D eigenvalue weighted by Crippen LogP contribution is 2.69. The monoisotopic (exact) mass is 441 g/mol. The lowest BCUT2D eigenvalue weighted by Crippen LogP contribution is -2.62. The number of ketones is 2. The van der Waals surface area contributed by atoms with E-state index in [-0.39, 0.29) is 40.7 Å². The van der Waals surface area contributed by atoms with Crippen LogP contribution in [0.3, 0.4) is 0 Å². The molecule has 0 saturated heterocycles. The molecule has 32 heavy (non-hydrogen) atoms. The van der Waals surface area contributed by atoms with Crippen LogP contribution in [0.2, 0.25) is 0 Å². The number of Topliss-reactive ketones (excluding diaryl/α,β-unsaturated/α-hetero) is 1. The first-order chi connectivity index (χ1) is 15.1. The number of carbonyl (C=O) groups is 3. The van der Waals surface area contributed by atoms with E-state index < -0.39 is 29.8 Å². The molecule has 1 heterocycles. The van der Waals surface area contributed by atoms with Gasteiger partial charge in [-0.3, -0.25) is 14.4 Å². The Kier molecular flexibility index (Phi) is 4.62. The molecule has 1 N–H and O–H groups in total. The SMILES string of the molecule is CC(=O)O[C@H]1C[C@@]2(C)[C@@H](CC3OC(C)=N[C@]32C(=O)CO)[C@@H]2CCC3=CC(=O)C=C[C@]3(C)[C@H]21. The Labute approximate surface area is 187 Å². The van der Waals surface area contributed by atoms with Gasteiger partial charge in [0.2, 0.25) is 0 Å². The van der Waals surface area contributed by atoms with E-state index in [1.807, 2.05) is 6.08 Å². The fraction of sp³-hybridized carbons (Fsp3) is 0.680. The number of carbonyl (C=O) groups excluding carboxylic acids is 3. The van der Waals surface area contributed by atoms with Gasteiger partial charge in [0.1, 0.15) is 18.8 Å². The Balaban J connectivity index is 1.65. The molecule has 0 aromatic carbocycles. The number of hydrogen-bond acceptors (Lipinski definition) is 7. The van der Waals surface area contributed by atoms with Crippen molar-refractivity contribution in [3.63, 3.8) is 0 Å². The molecule has 7 nitrogen and oxygen atoms in total. The summed E-state index contributed by atoms with van der Waals surface area (Å²) in [6.07, 6.45) is 7.30. The molecule has 0 amide bonds. The second kappa shape index (κ2) is 6.86. The molecule has 172 valence electrons. The van der Waals surface area contributed by atoms with Gasteiger partial charge in [-0.2, -0.15) is 0 Å². The van der Waals surface area contributed by atoms with E-state index in [1.165, 1.54) is 6.92 Å². The van der Waals surface area contributed by atoms with Gasteiger partial charge in [0.15, 0.2) is 23.0 Å². The minimum absolute atomic E-state index is 0.000920. The van der Waals surface area contributed by atoms with Crippen LogP contribution in [0.15, 0.2) is 28.8 Å². The van der Waals surface area contributed by atoms with Gasteiger partial charge < -0.3 is 14.6 Å². The quantitative estimate of drug-likeness (QED) is 0.676. The first-order valence-corrected chi connectivity index (χ1v) is 11.6. The number of aliphatic hydroxyl groups excluding tert-OH is 1. The number of esters is 1. The largest absolute Gasteiger partial charge is 0.475 e. The van der Waals surface area contributed by atoms with Gasteiger partial charge in [0.05, 0.1) is 0 Å². The molecule has 0 aromatic rings. The standard InChI is InChI=1S/C25H31NO6/c1-13-26-25(20(30)12-27)21(31-13)10-18-17-6-5-15-9-16(29)7-8-23(15,3)22(17)19(32-14(2)28)11-24(18,25)4/h7-9,17-19,21-22,27H,5-6,10-12H2,1-4H3/t17-,18-,19-,21?,22+,23-,24-,25+/m0/s1. The molecule has 0 bridgehead atoms. The molecule has 0 spiro atoms. The first kappa shape index (κ1) is 21.6.